The Morgan fingerprint density at radius 1 is 1.43 bits per heavy atom. The van der Waals surface area contributed by atoms with Gasteiger partial charge in [0.25, 0.3) is 5.91 Å². The molecule has 21 heavy (non-hydrogen) atoms. The Labute approximate surface area is 126 Å². The lowest BCUT2D eigenvalue weighted by Gasteiger charge is -2.18. The van der Waals surface area contributed by atoms with Gasteiger partial charge in [-0.2, -0.15) is 4.98 Å². The van der Waals surface area contributed by atoms with E-state index in [2.05, 4.69) is 27.5 Å². The van der Waals surface area contributed by atoms with E-state index in [4.69, 9.17) is 4.74 Å². The summed E-state index contributed by atoms with van der Waals surface area (Å²) >= 11 is 0. The molecule has 0 spiro atoms. The number of rotatable bonds is 9. The molecule has 0 unspecified atom stereocenters. The highest BCUT2D eigenvalue weighted by atomic mass is 16.5. The molecule has 0 aliphatic rings. The standard InChI is InChI=1S/C14H25N5O2/c1-5-6-8-19(3)14-17-11(13(20)15-2)10-12(18-14)16-7-9-21-4/h10H,5-9H2,1-4H3,(H,15,20)(H,16,17,18). The maximum atomic E-state index is 11.8. The number of methoxy groups -OCH3 is 1. The third-order valence-electron chi connectivity index (χ3n) is 2.97. The minimum Gasteiger partial charge on any atom is -0.383 e. The molecular formula is C14H25N5O2. The van der Waals surface area contributed by atoms with Crippen LogP contribution in [-0.4, -0.2) is 56.8 Å². The van der Waals surface area contributed by atoms with Gasteiger partial charge >= 0.3 is 0 Å². The first-order valence-corrected chi connectivity index (χ1v) is 7.17. The van der Waals surface area contributed by atoms with Crippen molar-refractivity contribution in [3.8, 4) is 0 Å². The van der Waals surface area contributed by atoms with E-state index in [9.17, 15) is 4.79 Å². The summed E-state index contributed by atoms with van der Waals surface area (Å²) in [6, 6.07) is 1.64. The van der Waals surface area contributed by atoms with Crippen molar-refractivity contribution in [2.45, 2.75) is 19.8 Å². The average Bonchev–Trinajstić information content (AvgIpc) is 2.51. The summed E-state index contributed by atoms with van der Waals surface area (Å²) in [5.74, 6) is 0.945. The van der Waals surface area contributed by atoms with Gasteiger partial charge in [0.05, 0.1) is 6.61 Å². The Balaban J connectivity index is 2.94. The average molecular weight is 295 g/mol. The summed E-state index contributed by atoms with van der Waals surface area (Å²) in [5.41, 5.74) is 0.353. The fourth-order valence-electron chi connectivity index (χ4n) is 1.72. The first-order chi connectivity index (χ1) is 10.1. The molecule has 1 heterocycles. The zero-order valence-corrected chi connectivity index (χ0v) is 13.3. The van der Waals surface area contributed by atoms with Crippen molar-refractivity contribution in [2.24, 2.45) is 0 Å². The summed E-state index contributed by atoms with van der Waals surface area (Å²) in [6.07, 6.45) is 2.15. The largest absolute Gasteiger partial charge is 0.383 e. The van der Waals surface area contributed by atoms with Gasteiger partial charge in [0.2, 0.25) is 5.95 Å². The molecule has 0 bridgehead atoms. The topological polar surface area (TPSA) is 79.4 Å². The number of anilines is 2. The van der Waals surface area contributed by atoms with Crippen molar-refractivity contribution >= 4 is 17.7 Å². The molecule has 0 aliphatic heterocycles. The van der Waals surface area contributed by atoms with Crippen molar-refractivity contribution < 1.29 is 9.53 Å². The molecule has 2 N–H and O–H groups in total. The number of unbranched alkanes of at least 4 members (excludes halogenated alkanes) is 1. The fraction of sp³-hybridized carbons (Fsp3) is 0.643. The molecule has 1 aromatic heterocycles. The molecule has 0 saturated heterocycles. The van der Waals surface area contributed by atoms with Crippen LogP contribution < -0.4 is 15.5 Å². The smallest absolute Gasteiger partial charge is 0.269 e. The first-order valence-electron chi connectivity index (χ1n) is 7.17. The number of hydrogen-bond acceptors (Lipinski definition) is 6. The van der Waals surface area contributed by atoms with E-state index in [1.807, 2.05) is 11.9 Å². The van der Waals surface area contributed by atoms with Gasteiger partial charge in [-0.3, -0.25) is 4.79 Å². The number of ether oxygens (including phenoxy) is 1. The monoisotopic (exact) mass is 295 g/mol. The molecule has 0 aliphatic carbocycles. The van der Waals surface area contributed by atoms with E-state index < -0.39 is 0 Å². The molecule has 0 aromatic carbocycles. The van der Waals surface area contributed by atoms with Gasteiger partial charge < -0.3 is 20.3 Å². The third-order valence-corrected chi connectivity index (χ3v) is 2.97. The van der Waals surface area contributed by atoms with Crippen LogP contribution in [0.5, 0.6) is 0 Å². The predicted molar refractivity (Wildman–Crippen MR) is 84.0 cm³/mol. The molecule has 7 nitrogen and oxygen atoms in total. The Kier molecular flexibility index (Phi) is 7.45. The summed E-state index contributed by atoms with van der Waals surface area (Å²) in [5, 5.41) is 5.72. The Morgan fingerprint density at radius 3 is 2.81 bits per heavy atom. The number of hydrogen-bond donors (Lipinski definition) is 2. The Hall–Kier alpha value is -1.89. The molecule has 0 atom stereocenters. The van der Waals surface area contributed by atoms with Crippen LogP contribution in [0, 0.1) is 0 Å². The van der Waals surface area contributed by atoms with Gasteiger partial charge in [-0.15, -0.1) is 0 Å². The van der Waals surface area contributed by atoms with Crippen molar-refractivity contribution in [3.05, 3.63) is 11.8 Å². The quantitative estimate of drug-likeness (QED) is 0.665. The van der Waals surface area contributed by atoms with E-state index in [-0.39, 0.29) is 5.91 Å². The second kappa shape index (κ2) is 9.12. The lowest BCUT2D eigenvalue weighted by Crippen LogP contribution is -2.25. The van der Waals surface area contributed by atoms with E-state index in [1.54, 1.807) is 20.2 Å². The highest BCUT2D eigenvalue weighted by Crippen LogP contribution is 2.13. The van der Waals surface area contributed by atoms with E-state index in [0.29, 0.717) is 30.6 Å². The molecule has 1 rings (SSSR count). The van der Waals surface area contributed by atoms with Gasteiger partial charge in [0.1, 0.15) is 11.5 Å². The second-order valence-electron chi connectivity index (χ2n) is 4.71. The van der Waals surface area contributed by atoms with E-state index >= 15 is 0 Å². The Bertz CT molecular complexity index is 453. The van der Waals surface area contributed by atoms with Gasteiger partial charge in [-0.05, 0) is 6.42 Å². The van der Waals surface area contributed by atoms with Gasteiger partial charge in [0.15, 0.2) is 0 Å². The van der Waals surface area contributed by atoms with Crippen LogP contribution in [0.15, 0.2) is 6.07 Å². The molecule has 0 radical (unpaired) electrons. The Morgan fingerprint density at radius 2 is 2.19 bits per heavy atom. The van der Waals surface area contributed by atoms with Crippen LogP contribution in [0.2, 0.25) is 0 Å². The SMILES string of the molecule is CCCCN(C)c1nc(NCCOC)cc(C(=O)NC)n1. The minimum absolute atomic E-state index is 0.225. The summed E-state index contributed by atoms with van der Waals surface area (Å²) in [6.45, 7) is 4.18. The summed E-state index contributed by atoms with van der Waals surface area (Å²) in [7, 11) is 5.15. The summed E-state index contributed by atoms with van der Waals surface area (Å²) in [4.78, 5) is 22.5. The van der Waals surface area contributed by atoms with Crippen molar-refractivity contribution in [1.29, 1.82) is 0 Å². The number of nitrogens with zero attached hydrogens (tertiary/aromatic N) is 3. The molecular weight excluding hydrogens is 270 g/mol. The van der Waals surface area contributed by atoms with Crippen LogP contribution >= 0.6 is 0 Å². The number of carbonyl (C=O) groups is 1. The normalized spacial score (nSPS) is 10.3. The van der Waals surface area contributed by atoms with Gasteiger partial charge in [-0.25, -0.2) is 4.98 Å². The number of amides is 1. The van der Waals surface area contributed by atoms with Gasteiger partial charge in [0, 0.05) is 40.4 Å². The first kappa shape index (κ1) is 17.2. The van der Waals surface area contributed by atoms with Gasteiger partial charge in [-0.1, -0.05) is 13.3 Å². The van der Waals surface area contributed by atoms with E-state index in [0.717, 1.165) is 19.4 Å². The van der Waals surface area contributed by atoms with Crippen LogP contribution in [0.3, 0.4) is 0 Å². The number of aromatic nitrogens is 2. The number of carbonyl (C=O) groups excluding carboxylic acids is 1. The maximum absolute atomic E-state index is 11.8. The highest BCUT2D eigenvalue weighted by molar-refractivity contribution is 5.93. The molecule has 7 heteroatoms. The minimum atomic E-state index is -0.225. The van der Waals surface area contributed by atoms with Crippen LogP contribution in [0.25, 0.3) is 0 Å². The third kappa shape index (κ3) is 5.55. The predicted octanol–water partition coefficient (Wildman–Crippen LogP) is 1.13. The molecule has 1 amide bonds. The number of nitrogens with one attached hydrogen (secondary N) is 2. The summed E-state index contributed by atoms with van der Waals surface area (Å²) < 4.78 is 5.00. The fourth-order valence-corrected chi connectivity index (χ4v) is 1.72. The molecule has 1 aromatic rings. The van der Waals surface area contributed by atoms with Crippen molar-refractivity contribution in [3.63, 3.8) is 0 Å². The molecule has 0 saturated carbocycles. The van der Waals surface area contributed by atoms with Crippen molar-refractivity contribution in [1.82, 2.24) is 15.3 Å². The second-order valence-corrected chi connectivity index (χ2v) is 4.71. The lowest BCUT2D eigenvalue weighted by molar-refractivity contribution is 0.0958. The van der Waals surface area contributed by atoms with Crippen LogP contribution in [0.1, 0.15) is 30.3 Å². The highest BCUT2D eigenvalue weighted by Gasteiger charge is 2.13. The van der Waals surface area contributed by atoms with Crippen molar-refractivity contribution in [2.75, 3.05) is 51.1 Å². The van der Waals surface area contributed by atoms with Crippen LogP contribution in [0.4, 0.5) is 11.8 Å². The zero-order chi connectivity index (χ0) is 15.7. The lowest BCUT2D eigenvalue weighted by atomic mass is 10.3. The molecule has 0 fully saturated rings. The maximum Gasteiger partial charge on any atom is 0.269 e. The van der Waals surface area contributed by atoms with E-state index in [1.165, 1.54) is 0 Å². The molecule has 118 valence electrons. The zero-order valence-electron chi connectivity index (χ0n) is 13.3. The van der Waals surface area contributed by atoms with Crippen LogP contribution in [-0.2, 0) is 4.74 Å².